The van der Waals surface area contributed by atoms with Crippen LogP contribution in [0.3, 0.4) is 0 Å². The molecule has 0 fully saturated rings. The number of hydrogen-bond donors (Lipinski definition) is 1. The summed E-state index contributed by atoms with van der Waals surface area (Å²) in [5.74, 6) is -2.62. The summed E-state index contributed by atoms with van der Waals surface area (Å²) in [5, 5.41) is 17.1. The number of nitriles is 1. The van der Waals surface area contributed by atoms with Crippen LogP contribution in [0.4, 0.5) is 15.8 Å². The molecule has 1 N–H and O–H groups in total. The molecule has 2 aromatic rings. The topological polar surface area (TPSA) is 85.6 Å². The molecule has 6 nitrogen and oxygen atoms in total. The highest BCUT2D eigenvalue weighted by Crippen LogP contribution is 2.25. The largest absolute Gasteiger partial charge is 0.319 e. The van der Waals surface area contributed by atoms with E-state index in [1.165, 1.54) is 29.3 Å². The lowest BCUT2D eigenvalue weighted by atomic mass is 10.0. The second-order valence-corrected chi connectivity index (χ2v) is 5.83. The van der Waals surface area contributed by atoms with Gasteiger partial charge in [-0.05, 0) is 37.3 Å². The van der Waals surface area contributed by atoms with E-state index in [9.17, 15) is 19.2 Å². The fourth-order valence-corrected chi connectivity index (χ4v) is 2.61. The number of hydrogen-bond acceptors (Lipinski definition) is 4. The minimum Gasteiger partial charge on any atom is -0.319 e. The van der Waals surface area contributed by atoms with E-state index in [-0.39, 0.29) is 17.2 Å². The second kappa shape index (κ2) is 7.62. The average molecular weight is 362 g/mol. The molecule has 2 amide bonds. The van der Waals surface area contributed by atoms with Gasteiger partial charge in [0.05, 0.1) is 23.0 Å². The molecule has 0 saturated heterocycles. The van der Waals surface area contributed by atoms with Gasteiger partial charge in [0.15, 0.2) is 0 Å². The van der Waals surface area contributed by atoms with Gasteiger partial charge in [-0.15, -0.1) is 0 Å². The first-order chi connectivity index (χ1) is 13.0. The summed E-state index contributed by atoms with van der Waals surface area (Å²) in [7, 11) is 0. The minimum absolute atomic E-state index is 0.0438. The zero-order valence-electron chi connectivity index (χ0n) is 14.4. The van der Waals surface area contributed by atoms with Gasteiger partial charge in [0.2, 0.25) is 0 Å². The summed E-state index contributed by atoms with van der Waals surface area (Å²) in [5.41, 5.74) is 0.709. The Balaban J connectivity index is 1.83. The lowest BCUT2D eigenvalue weighted by molar-refractivity contribution is -0.118. The highest BCUT2D eigenvalue weighted by molar-refractivity contribution is 6.17. The molecule has 134 valence electrons. The number of benzene rings is 2. The molecule has 0 radical (unpaired) electrons. The smallest absolute Gasteiger partial charge is 0.266 e. The molecule has 1 atom stereocenters. The maximum Gasteiger partial charge on any atom is 0.266 e. The third-order valence-electron chi connectivity index (χ3n) is 4.00. The molecule has 2 aromatic carbocycles. The van der Waals surface area contributed by atoms with E-state index < -0.39 is 17.6 Å². The van der Waals surface area contributed by atoms with E-state index in [0.29, 0.717) is 11.4 Å². The van der Waals surface area contributed by atoms with Crippen LogP contribution >= 0.6 is 0 Å². The lowest BCUT2D eigenvalue weighted by Gasteiger charge is -2.13. The van der Waals surface area contributed by atoms with Gasteiger partial charge < -0.3 is 5.32 Å². The summed E-state index contributed by atoms with van der Waals surface area (Å²) in [6.45, 7) is 1.64. The molecule has 0 saturated carbocycles. The van der Waals surface area contributed by atoms with Gasteiger partial charge in [-0.1, -0.05) is 30.3 Å². The number of rotatable bonds is 4. The summed E-state index contributed by atoms with van der Waals surface area (Å²) in [6, 6.07) is 16.2. The number of carbonyl (C=O) groups excluding carboxylic acids is 2. The Bertz CT molecular complexity index is 993. The molecule has 3 rings (SSSR count). The van der Waals surface area contributed by atoms with E-state index in [1.807, 2.05) is 6.07 Å². The molecule has 0 aromatic heterocycles. The van der Waals surface area contributed by atoms with Crippen molar-refractivity contribution in [2.75, 3.05) is 10.3 Å². The normalized spacial score (nSPS) is 16.7. The predicted octanol–water partition coefficient (Wildman–Crippen LogP) is 3.25. The van der Waals surface area contributed by atoms with Crippen LogP contribution in [-0.2, 0) is 9.59 Å². The Morgan fingerprint density at radius 1 is 1.22 bits per heavy atom. The first-order valence-corrected chi connectivity index (χ1v) is 8.13. The summed E-state index contributed by atoms with van der Waals surface area (Å²) in [6.07, 6.45) is 1.25. The quantitative estimate of drug-likeness (QED) is 0.669. The molecule has 0 aliphatic carbocycles. The van der Waals surface area contributed by atoms with Crippen molar-refractivity contribution in [2.24, 2.45) is 11.0 Å². The number of nitrogens with zero attached hydrogens (tertiary/aromatic N) is 3. The van der Waals surface area contributed by atoms with Crippen LogP contribution in [0, 0.1) is 23.1 Å². The van der Waals surface area contributed by atoms with Gasteiger partial charge in [0, 0.05) is 0 Å². The molecular formula is C20H15FN4O2. The van der Waals surface area contributed by atoms with E-state index in [0.717, 1.165) is 0 Å². The molecule has 0 unspecified atom stereocenters. The van der Waals surface area contributed by atoms with Crippen LogP contribution in [0.5, 0.6) is 0 Å². The third kappa shape index (κ3) is 3.75. The number of anilines is 2. The van der Waals surface area contributed by atoms with E-state index in [2.05, 4.69) is 10.4 Å². The van der Waals surface area contributed by atoms with Crippen molar-refractivity contribution in [1.29, 1.82) is 5.26 Å². The molecular weight excluding hydrogens is 347 g/mol. The number of halogens is 1. The van der Waals surface area contributed by atoms with Crippen LogP contribution in [0.2, 0.25) is 0 Å². The van der Waals surface area contributed by atoms with Crippen LogP contribution in [0.15, 0.2) is 71.3 Å². The van der Waals surface area contributed by atoms with Gasteiger partial charge in [-0.25, -0.2) is 4.39 Å². The number of hydrazone groups is 1. The molecule has 1 heterocycles. The molecule has 0 bridgehead atoms. The fourth-order valence-electron chi connectivity index (χ4n) is 2.61. The van der Waals surface area contributed by atoms with Crippen molar-refractivity contribution in [3.8, 4) is 6.07 Å². The van der Waals surface area contributed by atoms with Crippen molar-refractivity contribution in [1.82, 2.24) is 0 Å². The van der Waals surface area contributed by atoms with Gasteiger partial charge in [-0.3, -0.25) is 9.59 Å². The maximum absolute atomic E-state index is 13.7. The fraction of sp³-hybridized carbons (Fsp3) is 0.100. The molecule has 7 heteroatoms. The van der Waals surface area contributed by atoms with Gasteiger partial charge >= 0.3 is 0 Å². The zero-order chi connectivity index (χ0) is 19.4. The van der Waals surface area contributed by atoms with E-state index in [1.54, 1.807) is 43.3 Å². The second-order valence-electron chi connectivity index (χ2n) is 5.83. The SMILES string of the molecule is CC1=NN(c2ccccc2)C(=O)[C@H]1/C=C(/C#N)C(=O)Nc1ccccc1F. The Morgan fingerprint density at radius 3 is 2.56 bits per heavy atom. The van der Waals surface area contributed by atoms with Crippen LogP contribution in [0.1, 0.15) is 6.92 Å². The number of nitrogens with one attached hydrogen (secondary N) is 1. The Labute approximate surface area is 155 Å². The van der Waals surface area contributed by atoms with Crippen LogP contribution in [0.25, 0.3) is 0 Å². The first kappa shape index (κ1) is 18.0. The number of para-hydroxylation sites is 2. The summed E-state index contributed by atoms with van der Waals surface area (Å²) in [4.78, 5) is 25.0. The Morgan fingerprint density at radius 2 is 1.89 bits per heavy atom. The monoisotopic (exact) mass is 362 g/mol. The van der Waals surface area contributed by atoms with E-state index in [4.69, 9.17) is 0 Å². The van der Waals surface area contributed by atoms with Crippen molar-refractivity contribution in [2.45, 2.75) is 6.92 Å². The lowest BCUT2D eigenvalue weighted by Crippen LogP contribution is -2.27. The number of amides is 2. The highest BCUT2D eigenvalue weighted by Gasteiger charge is 2.33. The predicted molar refractivity (Wildman–Crippen MR) is 99.3 cm³/mol. The Hall–Kier alpha value is -3.79. The standard InChI is InChI=1S/C20H15FN4O2/c1-13-16(20(27)25(24-13)15-7-3-2-4-8-15)11-14(12-22)19(26)23-18-10-6-5-9-17(18)21/h2-11,16H,1H3,(H,23,26)/b14-11-/t16-/m0/s1. The third-order valence-corrected chi connectivity index (χ3v) is 4.00. The van der Waals surface area contributed by atoms with Gasteiger partial charge in [0.25, 0.3) is 11.8 Å². The van der Waals surface area contributed by atoms with Crippen molar-refractivity contribution in [3.05, 3.63) is 72.1 Å². The first-order valence-electron chi connectivity index (χ1n) is 8.13. The minimum atomic E-state index is -0.841. The molecule has 1 aliphatic rings. The van der Waals surface area contributed by atoms with Crippen molar-refractivity contribution >= 4 is 28.9 Å². The highest BCUT2D eigenvalue weighted by atomic mass is 19.1. The van der Waals surface area contributed by atoms with Gasteiger partial charge in [-0.2, -0.15) is 15.4 Å². The van der Waals surface area contributed by atoms with Crippen LogP contribution in [-0.4, -0.2) is 17.5 Å². The Kier molecular flexibility index (Phi) is 5.08. The van der Waals surface area contributed by atoms with Crippen LogP contribution < -0.4 is 10.3 Å². The molecule has 1 aliphatic heterocycles. The summed E-state index contributed by atoms with van der Waals surface area (Å²) >= 11 is 0. The maximum atomic E-state index is 13.7. The average Bonchev–Trinajstić information content (AvgIpc) is 2.96. The molecule has 27 heavy (non-hydrogen) atoms. The summed E-state index contributed by atoms with van der Waals surface area (Å²) < 4.78 is 13.7. The molecule has 0 spiro atoms. The van der Waals surface area contributed by atoms with Gasteiger partial charge in [0.1, 0.15) is 17.5 Å². The van der Waals surface area contributed by atoms with Crippen molar-refractivity contribution < 1.29 is 14.0 Å². The zero-order valence-corrected chi connectivity index (χ0v) is 14.4. The van der Waals surface area contributed by atoms with E-state index >= 15 is 0 Å². The number of carbonyl (C=O) groups is 2. The van der Waals surface area contributed by atoms with Crippen molar-refractivity contribution in [3.63, 3.8) is 0 Å².